The van der Waals surface area contributed by atoms with E-state index in [9.17, 15) is 9.59 Å². The third-order valence-electron chi connectivity index (χ3n) is 5.02. The van der Waals surface area contributed by atoms with Crippen molar-refractivity contribution in [3.8, 4) is 0 Å². The average Bonchev–Trinajstić information content (AvgIpc) is 3.04. The summed E-state index contributed by atoms with van der Waals surface area (Å²) in [7, 11) is 0. The molecular weight excluding hydrogens is 338 g/mol. The minimum atomic E-state index is -0.919. The predicted octanol–water partition coefficient (Wildman–Crippen LogP) is 4.11. The highest BCUT2D eigenvalue weighted by atomic mass is 16.4. The molecule has 1 saturated heterocycles. The molecule has 0 bridgehead atoms. The zero-order valence-corrected chi connectivity index (χ0v) is 15.4. The van der Waals surface area contributed by atoms with Crippen LogP contribution < -0.4 is 0 Å². The maximum atomic E-state index is 12.2. The molecule has 1 fully saturated rings. The van der Waals surface area contributed by atoms with E-state index in [2.05, 4.69) is 36.4 Å². The van der Waals surface area contributed by atoms with Gasteiger partial charge in [0.2, 0.25) is 5.91 Å². The lowest BCUT2D eigenvalue weighted by molar-refractivity contribution is -0.128. The van der Waals surface area contributed by atoms with Crippen LogP contribution in [-0.4, -0.2) is 34.5 Å². The van der Waals surface area contributed by atoms with E-state index < -0.39 is 5.97 Å². The van der Waals surface area contributed by atoms with Crippen molar-refractivity contribution in [2.75, 3.05) is 6.54 Å². The molecule has 4 heteroatoms. The number of allylic oxidation sites excluding steroid dienone is 1. The van der Waals surface area contributed by atoms with Gasteiger partial charge < -0.3 is 10.0 Å². The molecule has 0 spiro atoms. The van der Waals surface area contributed by atoms with Gasteiger partial charge in [0.1, 0.15) is 0 Å². The van der Waals surface area contributed by atoms with Gasteiger partial charge >= 0.3 is 5.97 Å². The summed E-state index contributed by atoms with van der Waals surface area (Å²) < 4.78 is 0. The second-order valence-electron chi connectivity index (χ2n) is 6.90. The number of carbonyl (C=O) groups excluding carboxylic acids is 1. The summed E-state index contributed by atoms with van der Waals surface area (Å²) in [4.78, 5) is 25.1. The Hall–Kier alpha value is -2.88. The van der Waals surface area contributed by atoms with Crippen LogP contribution in [0, 0.1) is 0 Å². The van der Waals surface area contributed by atoms with Gasteiger partial charge in [0, 0.05) is 13.0 Å². The van der Waals surface area contributed by atoms with Crippen molar-refractivity contribution in [2.45, 2.75) is 38.1 Å². The van der Waals surface area contributed by atoms with E-state index in [1.165, 1.54) is 5.56 Å². The molecule has 1 aliphatic heterocycles. The Balaban J connectivity index is 1.51. The number of carboxylic acid groups (broad SMARTS) is 1. The minimum Gasteiger partial charge on any atom is -0.478 e. The van der Waals surface area contributed by atoms with Crippen molar-refractivity contribution in [1.29, 1.82) is 0 Å². The molecule has 3 rings (SSSR count). The molecule has 0 saturated carbocycles. The van der Waals surface area contributed by atoms with Gasteiger partial charge in [0.15, 0.2) is 0 Å². The first-order valence-electron chi connectivity index (χ1n) is 9.46. The number of aryl methyl sites for hydroxylation is 1. The summed E-state index contributed by atoms with van der Waals surface area (Å²) in [5.74, 6) is -0.716. The van der Waals surface area contributed by atoms with E-state index in [0.717, 1.165) is 31.2 Å². The Labute approximate surface area is 160 Å². The molecule has 2 aromatic rings. The minimum absolute atomic E-state index is 0.173. The van der Waals surface area contributed by atoms with Gasteiger partial charge in [0.05, 0.1) is 11.6 Å². The Kier molecular flexibility index (Phi) is 6.42. The van der Waals surface area contributed by atoms with Crippen LogP contribution in [0.4, 0.5) is 0 Å². The quantitative estimate of drug-likeness (QED) is 0.718. The third-order valence-corrected chi connectivity index (χ3v) is 5.02. The predicted molar refractivity (Wildman–Crippen MR) is 106 cm³/mol. The van der Waals surface area contributed by atoms with Crippen molar-refractivity contribution < 1.29 is 14.7 Å². The first-order valence-corrected chi connectivity index (χ1v) is 9.46. The molecule has 1 heterocycles. The number of benzene rings is 2. The van der Waals surface area contributed by atoms with Crippen LogP contribution in [-0.2, 0) is 17.6 Å². The van der Waals surface area contributed by atoms with E-state index in [1.54, 1.807) is 12.1 Å². The van der Waals surface area contributed by atoms with Crippen LogP contribution in [0.1, 0.15) is 40.7 Å². The lowest BCUT2D eigenvalue weighted by Crippen LogP contribution is -2.33. The molecule has 1 atom stereocenters. The molecule has 27 heavy (non-hydrogen) atoms. The van der Waals surface area contributed by atoms with E-state index in [0.29, 0.717) is 13.0 Å². The largest absolute Gasteiger partial charge is 0.478 e. The van der Waals surface area contributed by atoms with Crippen LogP contribution >= 0.6 is 0 Å². The maximum Gasteiger partial charge on any atom is 0.335 e. The SMILES string of the molecule is O=C(O)c1ccc(CCN2C(=O)CCC2/C=C/CCc2ccccc2)cc1. The first-order chi connectivity index (χ1) is 13.1. The van der Waals surface area contributed by atoms with Crippen LogP contribution in [0.3, 0.4) is 0 Å². The normalized spacial score (nSPS) is 17.0. The Bertz CT molecular complexity index is 796. The number of carboxylic acids is 1. The summed E-state index contributed by atoms with van der Waals surface area (Å²) in [5, 5.41) is 8.96. The zero-order valence-electron chi connectivity index (χ0n) is 15.4. The third kappa shape index (κ3) is 5.30. The van der Waals surface area contributed by atoms with Crippen LogP contribution in [0.15, 0.2) is 66.7 Å². The highest BCUT2D eigenvalue weighted by molar-refractivity contribution is 5.87. The van der Waals surface area contributed by atoms with E-state index >= 15 is 0 Å². The summed E-state index contributed by atoms with van der Waals surface area (Å²) >= 11 is 0. The highest BCUT2D eigenvalue weighted by Crippen LogP contribution is 2.21. The number of likely N-dealkylation sites (tertiary alicyclic amines) is 1. The van der Waals surface area contributed by atoms with Crippen LogP contribution in [0.25, 0.3) is 0 Å². The topological polar surface area (TPSA) is 57.6 Å². The van der Waals surface area contributed by atoms with Gasteiger partial charge in [0.25, 0.3) is 0 Å². The number of carbonyl (C=O) groups is 2. The van der Waals surface area contributed by atoms with E-state index in [1.807, 2.05) is 23.1 Å². The maximum absolute atomic E-state index is 12.2. The number of rotatable bonds is 8. The van der Waals surface area contributed by atoms with Crippen molar-refractivity contribution in [3.05, 3.63) is 83.4 Å². The standard InChI is InChI=1S/C23H25NO3/c25-22-15-14-21(9-5-4-8-18-6-2-1-3-7-18)24(22)17-16-19-10-12-20(13-11-19)23(26)27/h1-3,5-7,9-13,21H,4,8,14-17H2,(H,26,27)/b9-5+. The molecule has 0 radical (unpaired) electrons. The summed E-state index contributed by atoms with van der Waals surface area (Å²) in [5.41, 5.74) is 2.66. The number of amides is 1. The van der Waals surface area contributed by atoms with Crippen LogP contribution in [0.2, 0.25) is 0 Å². The Morgan fingerprint density at radius 2 is 1.74 bits per heavy atom. The Morgan fingerprint density at radius 1 is 1.04 bits per heavy atom. The van der Waals surface area contributed by atoms with Gasteiger partial charge in [-0.1, -0.05) is 54.6 Å². The molecule has 1 N–H and O–H groups in total. The summed E-state index contributed by atoms with van der Waals surface area (Å²) in [6.07, 6.45) is 8.55. The van der Waals surface area contributed by atoms with E-state index in [-0.39, 0.29) is 17.5 Å². The van der Waals surface area contributed by atoms with E-state index in [4.69, 9.17) is 5.11 Å². The van der Waals surface area contributed by atoms with Gasteiger partial charge in [-0.2, -0.15) is 0 Å². The lowest BCUT2D eigenvalue weighted by Gasteiger charge is -2.22. The molecule has 0 aliphatic carbocycles. The number of hydrogen-bond donors (Lipinski definition) is 1. The smallest absolute Gasteiger partial charge is 0.335 e. The molecule has 4 nitrogen and oxygen atoms in total. The number of nitrogens with zero attached hydrogens (tertiary/aromatic N) is 1. The van der Waals surface area contributed by atoms with Gasteiger partial charge in [-0.05, 0) is 48.9 Å². The van der Waals surface area contributed by atoms with Crippen molar-refractivity contribution >= 4 is 11.9 Å². The first kappa shape index (κ1) is 18.9. The molecule has 0 aromatic heterocycles. The molecule has 1 aliphatic rings. The second kappa shape index (κ2) is 9.17. The van der Waals surface area contributed by atoms with Crippen molar-refractivity contribution in [3.63, 3.8) is 0 Å². The van der Waals surface area contributed by atoms with Crippen molar-refractivity contribution in [2.24, 2.45) is 0 Å². The summed E-state index contributed by atoms with van der Waals surface area (Å²) in [6, 6.07) is 17.5. The van der Waals surface area contributed by atoms with Crippen LogP contribution in [0.5, 0.6) is 0 Å². The van der Waals surface area contributed by atoms with Gasteiger partial charge in [-0.15, -0.1) is 0 Å². The zero-order chi connectivity index (χ0) is 19.1. The molecule has 2 aromatic carbocycles. The van der Waals surface area contributed by atoms with Crippen molar-refractivity contribution in [1.82, 2.24) is 4.90 Å². The lowest BCUT2D eigenvalue weighted by atomic mass is 10.1. The molecule has 140 valence electrons. The molecule has 1 unspecified atom stereocenters. The van der Waals surface area contributed by atoms with Gasteiger partial charge in [-0.25, -0.2) is 4.79 Å². The second-order valence-corrected chi connectivity index (χ2v) is 6.90. The average molecular weight is 363 g/mol. The fourth-order valence-electron chi connectivity index (χ4n) is 3.46. The molecule has 1 amide bonds. The monoisotopic (exact) mass is 363 g/mol. The highest BCUT2D eigenvalue weighted by Gasteiger charge is 2.28. The summed E-state index contributed by atoms with van der Waals surface area (Å²) in [6.45, 7) is 0.666. The Morgan fingerprint density at radius 3 is 2.44 bits per heavy atom. The fourth-order valence-corrected chi connectivity index (χ4v) is 3.46. The number of hydrogen-bond acceptors (Lipinski definition) is 2. The fraction of sp³-hybridized carbons (Fsp3) is 0.304. The number of aromatic carboxylic acids is 1. The molecular formula is C23H25NO3. The van der Waals surface area contributed by atoms with Gasteiger partial charge in [-0.3, -0.25) is 4.79 Å².